The maximum absolute atomic E-state index is 7.08. The van der Waals surface area contributed by atoms with Crippen LogP contribution in [0.2, 0.25) is 13.3 Å². The zero-order valence-electron chi connectivity index (χ0n) is 15.8. The van der Waals surface area contributed by atoms with Crippen molar-refractivity contribution in [3.63, 3.8) is 0 Å². The van der Waals surface area contributed by atoms with Crippen molar-refractivity contribution in [1.82, 2.24) is 0 Å². The van der Waals surface area contributed by atoms with Crippen molar-refractivity contribution in [3.05, 3.63) is 11.3 Å². The third-order valence-electron chi connectivity index (χ3n) is 5.25. The molecule has 0 fully saturated rings. The van der Waals surface area contributed by atoms with E-state index in [-0.39, 0.29) is 0 Å². The van der Waals surface area contributed by atoms with Gasteiger partial charge in [0.25, 0.3) is 0 Å². The Balaban J connectivity index is 2.90. The summed E-state index contributed by atoms with van der Waals surface area (Å²) in [6.45, 7) is 9.35. The van der Waals surface area contributed by atoms with Crippen LogP contribution < -0.4 is 0 Å². The molecular formula is C20H40OSn. The van der Waals surface area contributed by atoms with Crippen molar-refractivity contribution in [3.8, 4) is 0 Å². The zero-order chi connectivity index (χ0) is 16.3. The molecule has 0 atom stereocenters. The van der Waals surface area contributed by atoms with Crippen LogP contribution in [0.4, 0.5) is 0 Å². The summed E-state index contributed by atoms with van der Waals surface area (Å²) in [5, 5.41) is 0. The molecule has 0 unspecified atom stereocenters. The molecule has 0 aliphatic heterocycles. The molecule has 0 amide bonds. The van der Waals surface area contributed by atoms with Gasteiger partial charge in [0, 0.05) is 0 Å². The third kappa shape index (κ3) is 6.84. The SMILES string of the molecule is CCC[CH2][Sn]([CH2]CCC)([CH2]CCC)[O]C1=C(CC)CCCC1. The Hall–Kier alpha value is 0.339. The van der Waals surface area contributed by atoms with Crippen molar-refractivity contribution >= 4 is 18.8 Å². The molecule has 130 valence electrons. The van der Waals surface area contributed by atoms with Gasteiger partial charge in [-0.2, -0.15) is 0 Å². The fourth-order valence-corrected chi connectivity index (χ4v) is 17.5. The topological polar surface area (TPSA) is 9.23 Å². The molecule has 0 bridgehead atoms. The first kappa shape index (κ1) is 20.4. The minimum absolute atomic E-state index is 1.21. The fraction of sp³-hybridized carbons (Fsp3) is 0.900. The summed E-state index contributed by atoms with van der Waals surface area (Å²) in [7, 11) is 0. The van der Waals surface area contributed by atoms with Crippen LogP contribution in [0.25, 0.3) is 0 Å². The molecular weight excluding hydrogens is 375 g/mol. The Kier molecular flexibility index (Phi) is 10.9. The fourth-order valence-electron chi connectivity index (χ4n) is 3.72. The van der Waals surface area contributed by atoms with E-state index < -0.39 is 18.8 Å². The van der Waals surface area contributed by atoms with Crippen LogP contribution in [0.15, 0.2) is 11.3 Å². The van der Waals surface area contributed by atoms with Gasteiger partial charge < -0.3 is 0 Å². The van der Waals surface area contributed by atoms with Gasteiger partial charge in [-0.15, -0.1) is 0 Å². The molecule has 0 N–H and O–H groups in total. The first-order valence-corrected chi connectivity index (χ1v) is 17.3. The standard InChI is InChI=1S/C8H14O.3C4H9.Sn/c1-2-7-5-3-4-6-8(7)9;3*1-3-4-2;/h9H,2-6H2,1H3;3*1,3-4H2,2H3;/q;;;;+1/p-1. The zero-order valence-corrected chi connectivity index (χ0v) is 18.7. The molecule has 1 aliphatic carbocycles. The number of rotatable bonds is 12. The Morgan fingerprint density at radius 2 is 1.27 bits per heavy atom. The first-order chi connectivity index (χ1) is 10.7. The molecule has 0 heterocycles. The molecule has 2 heteroatoms. The van der Waals surface area contributed by atoms with Crippen LogP contribution in [0.5, 0.6) is 0 Å². The van der Waals surface area contributed by atoms with E-state index in [0.717, 1.165) is 0 Å². The van der Waals surface area contributed by atoms with Crippen LogP contribution in [-0.4, -0.2) is 18.8 Å². The average molecular weight is 415 g/mol. The average Bonchev–Trinajstić information content (AvgIpc) is 2.56. The molecule has 1 nitrogen and oxygen atoms in total. The summed E-state index contributed by atoms with van der Waals surface area (Å²) >= 11 is -2.43. The van der Waals surface area contributed by atoms with E-state index >= 15 is 0 Å². The van der Waals surface area contributed by atoms with E-state index in [1.54, 1.807) is 5.57 Å². The van der Waals surface area contributed by atoms with Gasteiger partial charge in [0.15, 0.2) is 0 Å². The molecule has 0 aromatic heterocycles. The Bertz CT molecular complexity index is 300. The van der Waals surface area contributed by atoms with Crippen LogP contribution in [-0.2, 0) is 3.07 Å². The van der Waals surface area contributed by atoms with Crippen LogP contribution in [0, 0.1) is 0 Å². The van der Waals surface area contributed by atoms with Gasteiger partial charge in [0.05, 0.1) is 0 Å². The second-order valence-corrected chi connectivity index (χ2v) is 18.8. The van der Waals surface area contributed by atoms with Crippen molar-refractivity contribution in [2.45, 2.75) is 112 Å². The minimum atomic E-state index is -2.43. The van der Waals surface area contributed by atoms with Gasteiger partial charge in [-0.05, 0) is 0 Å². The molecule has 0 aromatic rings. The van der Waals surface area contributed by atoms with Crippen molar-refractivity contribution in [2.75, 3.05) is 0 Å². The van der Waals surface area contributed by atoms with Gasteiger partial charge in [-0.1, -0.05) is 0 Å². The van der Waals surface area contributed by atoms with E-state index in [9.17, 15) is 0 Å². The van der Waals surface area contributed by atoms with Crippen molar-refractivity contribution < 1.29 is 3.07 Å². The molecule has 0 saturated carbocycles. The number of hydrogen-bond donors (Lipinski definition) is 0. The summed E-state index contributed by atoms with van der Waals surface area (Å²) in [5.41, 5.74) is 1.66. The molecule has 0 spiro atoms. The van der Waals surface area contributed by atoms with Crippen LogP contribution in [0.1, 0.15) is 98.3 Å². The number of allylic oxidation sites excluding steroid dienone is 2. The summed E-state index contributed by atoms with van der Waals surface area (Å²) in [6, 6.07) is 0. The number of hydrogen-bond acceptors (Lipinski definition) is 1. The molecule has 1 aliphatic rings. The third-order valence-corrected chi connectivity index (χ3v) is 18.0. The normalized spacial score (nSPS) is 16.2. The van der Waals surface area contributed by atoms with Gasteiger partial charge in [0.2, 0.25) is 0 Å². The van der Waals surface area contributed by atoms with Crippen molar-refractivity contribution in [1.29, 1.82) is 0 Å². The summed E-state index contributed by atoms with van der Waals surface area (Å²) in [4.78, 5) is 0. The van der Waals surface area contributed by atoms with Crippen LogP contribution >= 0.6 is 0 Å². The molecule has 0 aromatic carbocycles. The predicted octanol–water partition coefficient (Wildman–Crippen LogP) is 7.59. The van der Waals surface area contributed by atoms with E-state index in [2.05, 4.69) is 27.7 Å². The van der Waals surface area contributed by atoms with Gasteiger partial charge >= 0.3 is 145 Å². The Labute approximate surface area is 144 Å². The second-order valence-electron chi connectivity index (χ2n) is 7.18. The second kappa shape index (κ2) is 11.8. The molecule has 0 radical (unpaired) electrons. The van der Waals surface area contributed by atoms with E-state index in [4.69, 9.17) is 3.07 Å². The van der Waals surface area contributed by atoms with Gasteiger partial charge in [-0.25, -0.2) is 0 Å². The summed E-state index contributed by atoms with van der Waals surface area (Å²) in [5.74, 6) is 1.48. The Morgan fingerprint density at radius 3 is 1.73 bits per heavy atom. The monoisotopic (exact) mass is 416 g/mol. The van der Waals surface area contributed by atoms with Gasteiger partial charge in [-0.3, -0.25) is 0 Å². The number of unbranched alkanes of at least 4 members (excludes halogenated alkanes) is 3. The quantitative estimate of drug-likeness (QED) is 0.299. The van der Waals surface area contributed by atoms with Gasteiger partial charge in [0.1, 0.15) is 0 Å². The van der Waals surface area contributed by atoms with Crippen molar-refractivity contribution in [2.24, 2.45) is 0 Å². The molecule has 22 heavy (non-hydrogen) atoms. The van der Waals surface area contributed by atoms with E-state index in [1.165, 1.54) is 89.7 Å². The van der Waals surface area contributed by atoms with E-state index in [1.807, 2.05) is 0 Å². The molecule has 1 rings (SSSR count). The molecule has 0 saturated heterocycles. The maximum atomic E-state index is 7.08. The summed E-state index contributed by atoms with van der Waals surface area (Å²) < 4.78 is 11.5. The predicted molar refractivity (Wildman–Crippen MR) is 102 cm³/mol. The summed E-state index contributed by atoms with van der Waals surface area (Å²) in [6.07, 6.45) is 14.7. The first-order valence-electron chi connectivity index (χ1n) is 10.1. The van der Waals surface area contributed by atoms with Crippen LogP contribution in [0.3, 0.4) is 0 Å². The Morgan fingerprint density at radius 1 is 0.773 bits per heavy atom. The van der Waals surface area contributed by atoms with E-state index in [0.29, 0.717) is 0 Å².